The molecule has 0 unspecified atom stereocenters. The molecular weight excluding hydrogens is 382 g/mol. The molecule has 1 fully saturated rings. The minimum absolute atomic E-state index is 0.804. The Balaban J connectivity index is 1.42. The van der Waals surface area contributed by atoms with Crippen molar-refractivity contribution >= 4 is 16.7 Å². The molecule has 1 aromatic heterocycles. The number of aromatic nitrogens is 1. The van der Waals surface area contributed by atoms with E-state index in [9.17, 15) is 0 Å². The third-order valence-corrected chi connectivity index (χ3v) is 6.25. The smallest absolute Gasteiger partial charge is 0.228 e. The van der Waals surface area contributed by atoms with Gasteiger partial charge in [-0.05, 0) is 42.3 Å². The zero-order chi connectivity index (χ0) is 20.9. The van der Waals surface area contributed by atoms with Crippen LogP contribution in [0.15, 0.2) is 83.4 Å². The van der Waals surface area contributed by atoms with Gasteiger partial charge >= 0.3 is 0 Å². The topological polar surface area (TPSA) is 32.5 Å². The van der Waals surface area contributed by atoms with Gasteiger partial charge < -0.3 is 14.3 Å². The maximum atomic E-state index is 5.86. The predicted octanol–water partition coefficient (Wildman–Crippen LogP) is 5.99. The van der Waals surface area contributed by atoms with Crippen LogP contribution in [0.2, 0.25) is 0 Å². The summed E-state index contributed by atoms with van der Waals surface area (Å²) in [4.78, 5) is 4.92. The minimum atomic E-state index is 0.804. The van der Waals surface area contributed by atoms with E-state index in [1.807, 2.05) is 18.2 Å². The van der Waals surface area contributed by atoms with Gasteiger partial charge in [0.15, 0.2) is 0 Å². The number of likely N-dealkylation sites (tertiary alicyclic amines) is 1. The predicted molar refractivity (Wildman–Crippen MR) is 127 cm³/mol. The van der Waals surface area contributed by atoms with Gasteiger partial charge in [0, 0.05) is 31.3 Å². The van der Waals surface area contributed by atoms with Crippen molar-refractivity contribution in [1.29, 1.82) is 0 Å². The summed E-state index contributed by atoms with van der Waals surface area (Å²) in [6.45, 7) is 5.18. The molecule has 1 aliphatic heterocycles. The zero-order valence-electron chi connectivity index (χ0n) is 17.9. The van der Waals surface area contributed by atoms with E-state index in [0.29, 0.717) is 0 Å². The molecule has 0 radical (unpaired) electrons. The average molecular weight is 412 g/mol. The van der Waals surface area contributed by atoms with Crippen LogP contribution >= 0.6 is 0 Å². The van der Waals surface area contributed by atoms with E-state index in [1.54, 1.807) is 0 Å². The molecular formula is C27H29N3O. The van der Waals surface area contributed by atoms with E-state index < -0.39 is 0 Å². The molecule has 5 rings (SSSR count). The molecule has 0 saturated carbocycles. The van der Waals surface area contributed by atoms with Crippen LogP contribution in [0, 0.1) is 0 Å². The maximum Gasteiger partial charge on any atom is 0.228 e. The van der Waals surface area contributed by atoms with Crippen molar-refractivity contribution in [2.24, 2.45) is 0 Å². The average Bonchev–Trinajstić information content (AvgIpc) is 3.33. The van der Waals surface area contributed by atoms with Crippen LogP contribution in [0.5, 0.6) is 0 Å². The van der Waals surface area contributed by atoms with Crippen molar-refractivity contribution in [1.82, 2.24) is 10.1 Å². The summed E-state index contributed by atoms with van der Waals surface area (Å²) in [5, 5.41) is 6.95. The van der Waals surface area contributed by atoms with E-state index in [-0.39, 0.29) is 0 Å². The second-order valence-corrected chi connectivity index (χ2v) is 8.38. The number of piperidine rings is 1. The summed E-state index contributed by atoms with van der Waals surface area (Å²) >= 11 is 0. The number of hydrogen-bond donors (Lipinski definition) is 0. The standard InChI is InChI=1S/C27H29N3O/c1-3-11-23(12-4-1)26-20-27(31-28-26)30(19-18-29-16-7-2-8-17-29)21-24-14-9-13-22-10-5-6-15-25(22)24/h1,3-6,9-15,20H,2,7-8,16-19,21H2. The van der Waals surface area contributed by atoms with Gasteiger partial charge in [-0.3, -0.25) is 0 Å². The molecule has 4 heteroatoms. The molecule has 31 heavy (non-hydrogen) atoms. The van der Waals surface area contributed by atoms with Gasteiger partial charge in [0.05, 0.1) is 0 Å². The first-order valence-corrected chi connectivity index (χ1v) is 11.3. The number of fused-ring (bicyclic) bond motifs is 1. The largest absolute Gasteiger partial charge is 0.338 e. The Morgan fingerprint density at radius 2 is 1.61 bits per heavy atom. The Labute approximate surface area is 184 Å². The number of hydrogen-bond acceptors (Lipinski definition) is 4. The van der Waals surface area contributed by atoms with Gasteiger partial charge in [0.25, 0.3) is 0 Å². The van der Waals surface area contributed by atoms with Crippen LogP contribution in [0.25, 0.3) is 22.0 Å². The van der Waals surface area contributed by atoms with Gasteiger partial charge in [-0.15, -0.1) is 0 Å². The summed E-state index contributed by atoms with van der Waals surface area (Å²) in [5.74, 6) is 0.837. The number of anilines is 1. The summed E-state index contributed by atoms with van der Waals surface area (Å²) in [5.41, 5.74) is 3.28. The summed E-state index contributed by atoms with van der Waals surface area (Å²) < 4.78 is 5.86. The molecule has 0 atom stereocenters. The van der Waals surface area contributed by atoms with Gasteiger partial charge in [-0.2, -0.15) is 0 Å². The Morgan fingerprint density at radius 3 is 2.48 bits per heavy atom. The number of nitrogens with zero attached hydrogens (tertiary/aromatic N) is 3. The third-order valence-electron chi connectivity index (χ3n) is 6.25. The Kier molecular flexibility index (Phi) is 5.99. The van der Waals surface area contributed by atoms with Gasteiger partial charge in [-0.1, -0.05) is 84.4 Å². The molecule has 1 aliphatic rings. The first-order valence-electron chi connectivity index (χ1n) is 11.3. The van der Waals surface area contributed by atoms with E-state index >= 15 is 0 Å². The molecule has 1 saturated heterocycles. The van der Waals surface area contributed by atoms with Crippen molar-refractivity contribution in [3.05, 3.63) is 84.4 Å². The molecule has 3 aromatic carbocycles. The highest BCUT2D eigenvalue weighted by Gasteiger charge is 2.18. The summed E-state index contributed by atoms with van der Waals surface area (Å²) in [6, 6.07) is 27.5. The van der Waals surface area contributed by atoms with Crippen molar-refractivity contribution in [2.45, 2.75) is 25.8 Å². The van der Waals surface area contributed by atoms with E-state index in [2.05, 4.69) is 75.6 Å². The van der Waals surface area contributed by atoms with Crippen LogP contribution in [0.3, 0.4) is 0 Å². The first kappa shape index (κ1) is 19.8. The lowest BCUT2D eigenvalue weighted by Crippen LogP contribution is -2.37. The second-order valence-electron chi connectivity index (χ2n) is 8.38. The van der Waals surface area contributed by atoms with Crippen LogP contribution < -0.4 is 4.90 Å². The number of rotatable bonds is 7. The molecule has 0 N–H and O–H groups in total. The third kappa shape index (κ3) is 4.64. The van der Waals surface area contributed by atoms with Gasteiger partial charge in [0.1, 0.15) is 5.69 Å². The molecule has 4 nitrogen and oxygen atoms in total. The Hall–Kier alpha value is -3.11. The monoisotopic (exact) mass is 411 g/mol. The lowest BCUT2D eigenvalue weighted by atomic mass is 10.0. The number of benzene rings is 3. The fourth-order valence-electron chi connectivity index (χ4n) is 4.51. The zero-order valence-corrected chi connectivity index (χ0v) is 17.9. The van der Waals surface area contributed by atoms with Crippen molar-refractivity contribution < 1.29 is 4.52 Å². The SMILES string of the molecule is c1ccc(-c2cc(N(CCN3CCCCC3)Cc3cccc4ccccc34)on2)cc1. The summed E-state index contributed by atoms with van der Waals surface area (Å²) in [7, 11) is 0. The maximum absolute atomic E-state index is 5.86. The Bertz CT molecular complexity index is 1110. The molecule has 158 valence electrons. The van der Waals surface area contributed by atoms with E-state index in [4.69, 9.17) is 4.52 Å². The minimum Gasteiger partial charge on any atom is -0.338 e. The molecule has 2 heterocycles. The normalized spacial score (nSPS) is 14.7. The van der Waals surface area contributed by atoms with Crippen LogP contribution in [0.1, 0.15) is 24.8 Å². The highest BCUT2D eigenvalue weighted by Crippen LogP contribution is 2.27. The molecule has 0 aliphatic carbocycles. The molecule has 0 bridgehead atoms. The molecule has 0 amide bonds. The lowest BCUT2D eigenvalue weighted by molar-refractivity contribution is 0.231. The lowest BCUT2D eigenvalue weighted by Gasteiger charge is -2.30. The van der Waals surface area contributed by atoms with Crippen molar-refractivity contribution in [3.8, 4) is 11.3 Å². The fourth-order valence-corrected chi connectivity index (χ4v) is 4.51. The quantitative estimate of drug-likeness (QED) is 0.374. The van der Waals surface area contributed by atoms with Gasteiger partial charge in [0.2, 0.25) is 5.88 Å². The van der Waals surface area contributed by atoms with Crippen LogP contribution in [-0.2, 0) is 6.54 Å². The van der Waals surface area contributed by atoms with Crippen molar-refractivity contribution in [2.75, 3.05) is 31.1 Å². The molecule has 4 aromatic rings. The Morgan fingerprint density at radius 1 is 0.839 bits per heavy atom. The van der Waals surface area contributed by atoms with Gasteiger partial charge in [-0.25, -0.2) is 0 Å². The first-order chi connectivity index (χ1) is 15.4. The fraction of sp³-hybridized carbons (Fsp3) is 0.296. The highest BCUT2D eigenvalue weighted by atomic mass is 16.5. The van der Waals surface area contributed by atoms with Crippen LogP contribution in [-0.4, -0.2) is 36.2 Å². The molecule has 0 spiro atoms. The van der Waals surface area contributed by atoms with E-state index in [0.717, 1.165) is 36.8 Å². The second kappa shape index (κ2) is 9.36. The summed E-state index contributed by atoms with van der Waals surface area (Å²) in [6.07, 6.45) is 3.98. The van der Waals surface area contributed by atoms with Crippen LogP contribution in [0.4, 0.5) is 5.88 Å². The van der Waals surface area contributed by atoms with E-state index in [1.165, 1.54) is 48.7 Å². The highest BCUT2D eigenvalue weighted by molar-refractivity contribution is 5.85. The van der Waals surface area contributed by atoms with Crippen molar-refractivity contribution in [3.63, 3.8) is 0 Å².